The fourth-order valence-electron chi connectivity index (χ4n) is 3.07. The lowest BCUT2D eigenvalue weighted by Crippen LogP contribution is -2.24. The summed E-state index contributed by atoms with van der Waals surface area (Å²) >= 11 is 0. The van der Waals surface area contributed by atoms with Crippen molar-refractivity contribution >= 4 is 0 Å². The smallest absolute Gasteiger partial charge is 0.123 e. The maximum Gasteiger partial charge on any atom is 0.123 e. The summed E-state index contributed by atoms with van der Waals surface area (Å²) in [7, 11) is 2.06. The van der Waals surface area contributed by atoms with Gasteiger partial charge in [0.1, 0.15) is 11.9 Å². The summed E-state index contributed by atoms with van der Waals surface area (Å²) in [5.74, 6) is 1.78. The first kappa shape index (κ1) is 13.4. The second-order valence-corrected chi connectivity index (χ2v) is 5.34. The Morgan fingerprint density at radius 1 is 1.33 bits per heavy atom. The zero-order valence-electron chi connectivity index (χ0n) is 12.0. The first-order valence-corrected chi connectivity index (χ1v) is 7.16. The molecule has 0 saturated heterocycles. The van der Waals surface area contributed by atoms with Gasteiger partial charge >= 0.3 is 0 Å². The van der Waals surface area contributed by atoms with E-state index in [0.29, 0.717) is 18.1 Å². The Bertz CT molecular complexity index is 398. The third-order valence-corrected chi connectivity index (χ3v) is 4.11. The van der Waals surface area contributed by atoms with Crippen LogP contribution in [0.3, 0.4) is 0 Å². The van der Waals surface area contributed by atoms with Crippen LogP contribution in [0.5, 0.6) is 5.75 Å². The van der Waals surface area contributed by atoms with Crippen LogP contribution in [0.4, 0.5) is 0 Å². The highest BCUT2D eigenvalue weighted by Gasteiger charge is 2.23. The molecule has 2 heteroatoms. The first-order valence-electron chi connectivity index (χ1n) is 7.16. The maximum atomic E-state index is 5.77. The van der Waals surface area contributed by atoms with Crippen LogP contribution < -0.4 is 10.1 Å². The largest absolute Gasteiger partial charge is 0.490 e. The van der Waals surface area contributed by atoms with Crippen LogP contribution in [0.25, 0.3) is 0 Å². The fourth-order valence-corrected chi connectivity index (χ4v) is 3.07. The summed E-state index contributed by atoms with van der Waals surface area (Å²) in [5, 5.41) is 3.48. The van der Waals surface area contributed by atoms with Crippen LogP contribution >= 0.6 is 0 Å². The minimum absolute atomic E-state index is 0.330. The summed E-state index contributed by atoms with van der Waals surface area (Å²) < 4.78 is 5.77. The highest BCUT2D eigenvalue weighted by molar-refractivity contribution is 5.41. The van der Waals surface area contributed by atoms with Gasteiger partial charge in [0.05, 0.1) is 0 Å². The molecule has 0 fully saturated rings. The molecule has 2 nitrogen and oxygen atoms in total. The summed E-state index contributed by atoms with van der Waals surface area (Å²) in [6, 6.07) is 7.15. The van der Waals surface area contributed by atoms with E-state index < -0.39 is 0 Å². The molecule has 2 atom stereocenters. The Hall–Kier alpha value is -1.02. The molecule has 0 saturated carbocycles. The van der Waals surface area contributed by atoms with E-state index in [1.807, 2.05) is 0 Å². The van der Waals surface area contributed by atoms with Gasteiger partial charge in [-0.2, -0.15) is 0 Å². The van der Waals surface area contributed by atoms with Crippen molar-refractivity contribution in [3.63, 3.8) is 0 Å². The number of ether oxygens (including phenoxy) is 1. The van der Waals surface area contributed by atoms with Gasteiger partial charge in [0.25, 0.3) is 0 Å². The van der Waals surface area contributed by atoms with Crippen molar-refractivity contribution in [2.45, 2.75) is 52.2 Å². The van der Waals surface area contributed by atoms with Crippen LogP contribution in [0, 0.1) is 5.92 Å². The monoisotopic (exact) mass is 247 g/mol. The van der Waals surface area contributed by atoms with E-state index in [1.54, 1.807) is 0 Å². The molecule has 1 aliphatic rings. The van der Waals surface area contributed by atoms with Crippen molar-refractivity contribution in [2.75, 3.05) is 7.05 Å². The molecule has 0 amide bonds. The molecular formula is C16H25NO. The van der Waals surface area contributed by atoms with Crippen molar-refractivity contribution in [1.29, 1.82) is 0 Å². The molecule has 1 aliphatic heterocycles. The highest BCUT2D eigenvalue weighted by Crippen LogP contribution is 2.34. The molecule has 2 rings (SSSR count). The lowest BCUT2D eigenvalue weighted by Gasteiger charge is -2.25. The number of fused-ring (bicyclic) bond motifs is 1. The van der Waals surface area contributed by atoms with Crippen molar-refractivity contribution in [1.82, 2.24) is 5.32 Å². The van der Waals surface area contributed by atoms with E-state index in [0.717, 1.165) is 12.2 Å². The van der Waals surface area contributed by atoms with Crippen LogP contribution in [-0.2, 0) is 6.42 Å². The molecule has 0 aromatic heterocycles. The Labute approximate surface area is 111 Å². The number of hydrogen-bond acceptors (Lipinski definition) is 2. The lowest BCUT2D eigenvalue weighted by atomic mass is 9.88. The molecule has 0 bridgehead atoms. The molecule has 1 heterocycles. The number of rotatable bonds is 5. The third kappa shape index (κ3) is 2.54. The van der Waals surface area contributed by atoms with E-state index >= 15 is 0 Å². The molecule has 0 radical (unpaired) electrons. The lowest BCUT2D eigenvalue weighted by molar-refractivity contribution is 0.254. The van der Waals surface area contributed by atoms with Gasteiger partial charge in [-0.25, -0.2) is 0 Å². The van der Waals surface area contributed by atoms with Gasteiger partial charge in [-0.05, 0) is 37.1 Å². The van der Waals surface area contributed by atoms with Crippen molar-refractivity contribution in [2.24, 2.45) is 5.92 Å². The zero-order valence-corrected chi connectivity index (χ0v) is 12.0. The predicted molar refractivity (Wildman–Crippen MR) is 76.1 cm³/mol. The Kier molecular flexibility index (Phi) is 4.28. The molecule has 0 spiro atoms. The van der Waals surface area contributed by atoms with Gasteiger partial charge in [-0.1, -0.05) is 38.8 Å². The number of benzene rings is 1. The van der Waals surface area contributed by atoms with E-state index in [4.69, 9.17) is 4.74 Å². The third-order valence-electron chi connectivity index (χ3n) is 4.11. The molecule has 18 heavy (non-hydrogen) atoms. The minimum Gasteiger partial charge on any atom is -0.490 e. The second-order valence-electron chi connectivity index (χ2n) is 5.34. The molecule has 100 valence electrons. The van der Waals surface area contributed by atoms with Crippen LogP contribution in [0.1, 0.15) is 50.8 Å². The van der Waals surface area contributed by atoms with Gasteiger partial charge in [0.15, 0.2) is 0 Å². The van der Waals surface area contributed by atoms with E-state index in [2.05, 4.69) is 51.3 Å². The molecule has 1 aromatic rings. The van der Waals surface area contributed by atoms with Gasteiger partial charge in [0, 0.05) is 12.5 Å². The van der Waals surface area contributed by atoms with Crippen LogP contribution in [0.15, 0.2) is 18.2 Å². The number of nitrogens with one attached hydrogen (secondary N) is 1. The van der Waals surface area contributed by atoms with Crippen molar-refractivity contribution in [3.05, 3.63) is 29.3 Å². The summed E-state index contributed by atoms with van der Waals surface area (Å²) in [4.78, 5) is 0. The number of hydrogen-bond donors (Lipinski definition) is 1. The second kappa shape index (κ2) is 5.75. The van der Waals surface area contributed by atoms with Gasteiger partial charge in [-0.3, -0.25) is 0 Å². The van der Waals surface area contributed by atoms with Crippen LogP contribution in [0.2, 0.25) is 0 Å². The molecule has 2 unspecified atom stereocenters. The van der Waals surface area contributed by atoms with Crippen molar-refractivity contribution in [3.8, 4) is 5.75 Å². The van der Waals surface area contributed by atoms with Gasteiger partial charge in [0.2, 0.25) is 0 Å². The molecular weight excluding hydrogens is 222 g/mol. The first-order chi connectivity index (χ1) is 8.69. The Morgan fingerprint density at radius 3 is 2.67 bits per heavy atom. The predicted octanol–water partition coefficient (Wildman–Crippen LogP) is 3.71. The average molecular weight is 247 g/mol. The molecule has 1 N–H and O–H groups in total. The summed E-state index contributed by atoms with van der Waals surface area (Å²) in [6.45, 7) is 6.68. The topological polar surface area (TPSA) is 21.3 Å². The van der Waals surface area contributed by atoms with E-state index in [9.17, 15) is 0 Å². The molecule has 0 aliphatic carbocycles. The maximum absolute atomic E-state index is 5.77. The van der Waals surface area contributed by atoms with Crippen LogP contribution in [-0.4, -0.2) is 13.2 Å². The summed E-state index contributed by atoms with van der Waals surface area (Å²) in [6.07, 6.45) is 3.80. The van der Waals surface area contributed by atoms with Gasteiger partial charge < -0.3 is 10.1 Å². The summed E-state index contributed by atoms with van der Waals surface area (Å²) in [5.41, 5.74) is 2.77. The zero-order chi connectivity index (χ0) is 13.1. The quantitative estimate of drug-likeness (QED) is 0.856. The van der Waals surface area contributed by atoms with E-state index in [-0.39, 0.29) is 0 Å². The Morgan fingerprint density at radius 2 is 2.06 bits per heavy atom. The standard InChI is InChI=1S/C16H25NO/c1-5-12(6-2)16(17-4)13-7-8-15-14(10-13)9-11(3)18-15/h7-8,10-12,16-17H,5-6,9H2,1-4H3. The Balaban J connectivity index is 2.25. The average Bonchev–Trinajstić information content (AvgIpc) is 2.74. The molecule has 1 aromatic carbocycles. The van der Waals surface area contributed by atoms with Gasteiger partial charge in [-0.15, -0.1) is 0 Å². The normalized spacial score (nSPS) is 19.7. The van der Waals surface area contributed by atoms with Crippen molar-refractivity contribution < 1.29 is 4.74 Å². The SMILES string of the molecule is CCC(CC)C(NC)c1ccc2c(c1)CC(C)O2. The highest BCUT2D eigenvalue weighted by atomic mass is 16.5. The van der Waals surface area contributed by atoms with E-state index in [1.165, 1.54) is 24.0 Å². The fraction of sp³-hybridized carbons (Fsp3) is 0.625. The minimum atomic E-state index is 0.330.